The molecule has 4 N–H and O–H groups in total. The van der Waals surface area contributed by atoms with Gasteiger partial charge in [-0.1, -0.05) is 38.5 Å². The van der Waals surface area contributed by atoms with Gasteiger partial charge in [-0.05, 0) is 55.9 Å². The zero-order valence-corrected chi connectivity index (χ0v) is 26.8. The minimum Gasteiger partial charge on any atom is -0.494 e. The van der Waals surface area contributed by atoms with E-state index < -0.39 is 53.4 Å². The van der Waals surface area contributed by atoms with E-state index in [0.29, 0.717) is 50.7 Å². The number of ether oxygens (including phenoxy) is 1. The predicted octanol–water partition coefficient (Wildman–Crippen LogP) is 2.80. The fourth-order valence-electron chi connectivity index (χ4n) is 5.53. The Morgan fingerprint density at radius 3 is 2.38 bits per heavy atom. The average Bonchev–Trinajstić information content (AvgIpc) is 3.55. The molecule has 0 spiro atoms. The van der Waals surface area contributed by atoms with Crippen LogP contribution in [-0.4, -0.2) is 89.4 Å². The number of hydrogen-bond donors (Lipinski definition) is 4. The van der Waals surface area contributed by atoms with Gasteiger partial charge in [-0.3, -0.25) is 29.2 Å². The number of carbonyl (C=O) groups is 5. The lowest BCUT2D eigenvalue weighted by molar-refractivity contribution is -0.148. The maximum absolute atomic E-state index is 13.8. The number of halogens is 2. The maximum atomic E-state index is 13.8. The van der Waals surface area contributed by atoms with Crippen molar-refractivity contribution >= 4 is 29.5 Å². The first-order valence-electron chi connectivity index (χ1n) is 15.7. The highest BCUT2D eigenvalue weighted by Crippen LogP contribution is 2.24. The van der Waals surface area contributed by atoms with E-state index in [1.807, 2.05) is 37.3 Å². The quantitative estimate of drug-likeness (QED) is 0.123. The summed E-state index contributed by atoms with van der Waals surface area (Å²) in [4.78, 5) is 68.1. The summed E-state index contributed by atoms with van der Waals surface area (Å²) < 4.78 is 32.7. The molecule has 0 saturated carbocycles. The van der Waals surface area contributed by atoms with Crippen LogP contribution in [0.4, 0.5) is 8.78 Å². The Bertz CT molecular complexity index is 1380. The van der Waals surface area contributed by atoms with Gasteiger partial charge in [0.05, 0.1) is 6.61 Å². The number of likely N-dealkylation sites (tertiary alicyclic amines) is 1. The maximum Gasteiger partial charge on any atom is 0.265 e. The molecule has 12 nitrogen and oxygen atoms in total. The van der Waals surface area contributed by atoms with Crippen LogP contribution < -0.4 is 20.9 Å². The van der Waals surface area contributed by atoms with Gasteiger partial charge in [0.1, 0.15) is 35.5 Å². The number of rotatable bonds is 16. The molecule has 3 rings (SSSR count). The minimum atomic E-state index is -1.32. The van der Waals surface area contributed by atoms with Gasteiger partial charge in [-0.2, -0.15) is 0 Å². The molecule has 1 saturated heterocycles. The summed E-state index contributed by atoms with van der Waals surface area (Å²) in [6, 6.07) is 8.45. The second kappa shape index (κ2) is 17.9. The van der Waals surface area contributed by atoms with Crippen LogP contribution in [0, 0.1) is 17.6 Å². The van der Waals surface area contributed by atoms with E-state index in [1.54, 1.807) is 11.8 Å². The summed E-state index contributed by atoms with van der Waals surface area (Å²) in [6.07, 6.45) is 2.04. The minimum absolute atomic E-state index is 0.182. The first-order valence-corrected chi connectivity index (χ1v) is 15.7. The molecule has 4 atom stereocenters. The molecule has 47 heavy (non-hydrogen) atoms. The van der Waals surface area contributed by atoms with Crippen LogP contribution in [0.3, 0.4) is 0 Å². The number of amides is 5. The summed E-state index contributed by atoms with van der Waals surface area (Å²) in [5.41, 5.74) is 1.21. The molecule has 1 unspecified atom stereocenters. The summed E-state index contributed by atoms with van der Waals surface area (Å²) in [5.74, 6) is -4.56. The molecule has 5 amide bonds. The highest BCUT2D eigenvalue weighted by molar-refractivity contribution is 5.95. The molecule has 14 heteroatoms. The van der Waals surface area contributed by atoms with E-state index in [4.69, 9.17) is 4.74 Å². The van der Waals surface area contributed by atoms with Crippen LogP contribution in [-0.2, 0) is 19.2 Å². The fraction of sp³-hybridized carbons (Fsp3) is 0.485. The monoisotopic (exact) mass is 659 g/mol. The number of hydroxylamine groups is 1. The van der Waals surface area contributed by atoms with E-state index in [9.17, 15) is 38.0 Å². The van der Waals surface area contributed by atoms with Gasteiger partial charge < -0.3 is 25.2 Å². The normalized spacial score (nSPS) is 16.0. The molecule has 0 aliphatic carbocycles. The second-order valence-electron chi connectivity index (χ2n) is 11.5. The van der Waals surface area contributed by atoms with E-state index in [-0.39, 0.29) is 36.8 Å². The molecule has 1 heterocycles. The van der Waals surface area contributed by atoms with Crippen LogP contribution in [0.5, 0.6) is 5.75 Å². The first-order chi connectivity index (χ1) is 22.5. The van der Waals surface area contributed by atoms with Gasteiger partial charge in [-0.25, -0.2) is 14.3 Å². The Hall–Kier alpha value is -4.59. The molecule has 1 aliphatic rings. The Kier molecular flexibility index (Phi) is 14.1. The van der Waals surface area contributed by atoms with Crippen molar-refractivity contribution in [2.75, 3.05) is 26.7 Å². The molecule has 2 aromatic carbocycles. The largest absolute Gasteiger partial charge is 0.494 e. The third-order valence-corrected chi connectivity index (χ3v) is 8.21. The Labute approximate surface area is 272 Å². The topological polar surface area (TPSA) is 157 Å². The third-order valence-electron chi connectivity index (χ3n) is 8.21. The zero-order valence-electron chi connectivity index (χ0n) is 26.8. The number of para-hydroxylation sites is 1. The van der Waals surface area contributed by atoms with Crippen molar-refractivity contribution in [3.05, 3.63) is 65.7 Å². The lowest BCUT2D eigenvalue weighted by Gasteiger charge is -2.36. The van der Waals surface area contributed by atoms with Crippen LogP contribution >= 0.6 is 0 Å². The summed E-state index contributed by atoms with van der Waals surface area (Å²) in [5, 5.41) is 14.3. The summed E-state index contributed by atoms with van der Waals surface area (Å²) >= 11 is 0. The van der Waals surface area contributed by atoms with Crippen molar-refractivity contribution < 1.29 is 42.7 Å². The van der Waals surface area contributed by atoms with Gasteiger partial charge in [0, 0.05) is 38.2 Å². The Morgan fingerprint density at radius 2 is 1.74 bits per heavy atom. The fourth-order valence-corrected chi connectivity index (χ4v) is 5.53. The molecule has 0 bridgehead atoms. The van der Waals surface area contributed by atoms with Gasteiger partial charge in [-0.15, -0.1) is 0 Å². The van der Waals surface area contributed by atoms with Crippen molar-refractivity contribution in [1.29, 1.82) is 0 Å². The molecule has 1 aliphatic heterocycles. The number of nitrogens with one attached hydrogen (secondary N) is 3. The molecule has 1 fully saturated rings. The standard InChI is InChI=1S/C33H43F2N5O7/c1-4-21(2)29(32(44)37-26(31(43)38-46)14-15-36-30(42)22-18-23(34)20-24(35)19-22)39(3)33(45)27-12-8-16-40(27)28(41)13-9-17-47-25-10-6-5-7-11-25/h5-7,10-11,18-21,26-27,29,46H,4,8-9,12-17H2,1-3H3,(H,36,42)(H,37,44)(H,38,43)/t21?,26-,27-,29-/m0/s1. The molecule has 0 aromatic heterocycles. The summed E-state index contributed by atoms with van der Waals surface area (Å²) in [7, 11) is 1.48. The number of likely N-dealkylation sites (N-methyl/N-ethyl adjacent to an activating group) is 1. The van der Waals surface area contributed by atoms with E-state index >= 15 is 0 Å². The van der Waals surface area contributed by atoms with Crippen molar-refractivity contribution in [2.24, 2.45) is 5.92 Å². The highest BCUT2D eigenvalue weighted by atomic mass is 19.1. The van der Waals surface area contributed by atoms with Crippen molar-refractivity contribution in [3.8, 4) is 5.75 Å². The predicted molar refractivity (Wildman–Crippen MR) is 167 cm³/mol. The van der Waals surface area contributed by atoms with Gasteiger partial charge in [0.25, 0.3) is 11.8 Å². The van der Waals surface area contributed by atoms with Gasteiger partial charge in [0.15, 0.2) is 0 Å². The second-order valence-corrected chi connectivity index (χ2v) is 11.5. The van der Waals surface area contributed by atoms with E-state index in [0.717, 1.165) is 12.1 Å². The Morgan fingerprint density at radius 1 is 1.06 bits per heavy atom. The molecular weight excluding hydrogens is 616 g/mol. The van der Waals surface area contributed by atoms with Crippen molar-refractivity contribution in [1.82, 2.24) is 25.9 Å². The molecule has 0 radical (unpaired) electrons. The van der Waals surface area contributed by atoms with Crippen LogP contribution in [0.25, 0.3) is 0 Å². The van der Waals surface area contributed by atoms with Crippen molar-refractivity contribution in [3.63, 3.8) is 0 Å². The summed E-state index contributed by atoms with van der Waals surface area (Å²) in [6.45, 7) is 4.17. The number of carbonyl (C=O) groups excluding carboxylic acids is 5. The van der Waals surface area contributed by atoms with E-state index in [2.05, 4.69) is 10.6 Å². The van der Waals surface area contributed by atoms with Gasteiger partial charge in [0.2, 0.25) is 17.7 Å². The lowest BCUT2D eigenvalue weighted by atomic mass is 9.95. The lowest BCUT2D eigenvalue weighted by Crippen LogP contribution is -2.58. The van der Waals surface area contributed by atoms with Crippen LogP contribution in [0.1, 0.15) is 62.7 Å². The SMILES string of the molecule is CCC(C)[C@@H](C(=O)N[C@@H](CCNC(=O)c1cc(F)cc(F)c1)C(=O)NO)N(C)C(=O)[C@@H]1CCCN1C(=O)CCCOc1ccccc1. The number of benzene rings is 2. The van der Waals surface area contributed by atoms with Crippen LogP contribution in [0.15, 0.2) is 48.5 Å². The number of hydrogen-bond acceptors (Lipinski definition) is 7. The molecule has 256 valence electrons. The van der Waals surface area contributed by atoms with Crippen molar-refractivity contribution in [2.45, 2.75) is 70.5 Å². The van der Waals surface area contributed by atoms with E-state index in [1.165, 1.54) is 17.4 Å². The molecular formula is C33H43F2N5O7. The Balaban J connectivity index is 1.62. The third kappa shape index (κ3) is 10.5. The average molecular weight is 660 g/mol. The van der Waals surface area contributed by atoms with Gasteiger partial charge >= 0.3 is 0 Å². The molecule has 2 aromatic rings. The number of nitrogens with zero attached hydrogens (tertiary/aromatic N) is 2. The van der Waals surface area contributed by atoms with Crippen LogP contribution in [0.2, 0.25) is 0 Å². The highest BCUT2D eigenvalue weighted by Gasteiger charge is 2.40. The first kappa shape index (κ1) is 36.9. The smallest absolute Gasteiger partial charge is 0.265 e. The zero-order chi connectivity index (χ0) is 34.5.